The molecule has 0 heterocycles. The molecule has 30 heavy (non-hydrogen) atoms. The Kier molecular flexibility index (Phi) is 13.2. The second-order valence-corrected chi connectivity index (χ2v) is 8.13. The molecule has 2 unspecified atom stereocenters. The van der Waals surface area contributed by atoms with Gasteiger partial charge in [-0.3, -0.25) is 0 Å². The molecule has 8 heteroatoms. The van der Waals surface area contributed by atoms with Crippen molar-refractivity contribution in [3.8, 4) is 11.5 Å². The van der Waals surface area contributed by atoms with Gasteiger partial charge in [0.1, 0.15) is 11.5 Å². The Morgan fingerprint density at radius 3 is 1.33 bits per heavy atom. The normalized spacial score (nSPS) is 13.1. The van der Waals surface area contributed by atoms with Gasteiger partial charge in [0.25, 0.3) is 0 Å². The van der Waals surface area contributed by atoms with Gasteiger partial charge in [-0.1, -0.05) is 66.2 Å². The fourth-order valence-electron chi connectivity index (χ4n) is 3.46. The van der Waals surface area contributed by atoms with E-state index in [0.717, 1.165) is 51.4 Å². The molecule has 0 amide bonds. The highest BCUT2D eigenvalue weighted by molar-refractivity contribution is 6.62. The van der Waals surface area contributed by atoms with Crippen LogP contribution < -0.4 is 20.4 Å². The smallest absolute Gasteiger partial charge is 0.492 e. The summed E-state index contributed by atoms with van der Waals surface area (Å²) in [4.78, 5) is 0. The first-order valence-electron chi connectivity index (χ1n) is 11.5. The zero-order valence-electron chi connectivity index (χ0n) is 19.1. The van der Waals surface area contributed by atoms with Crippen molar-refractivity contribution in [2.45, 2.75) is 79.1 Å². The number of hydrogen-bond acceptors (Lipinski definition) is 6. The Labute approximate surface area is 182 Å². The summed E-state index contributed by atoms with van der Waals surface area (Å²) >= 11 is 0. The van der Waals surface area contributed by atoms with E-state index in [0.29, 0.717) is 25.0 Å². The molecule has 2 atom stereocenters. The van der Waals surface area contributed by atoms with E-state index in [1.165, 1.54) is 12.1 Å². The zero-order valence-corrected chi connectivity index (χ0v) is 19.1. The molecule has 0 aliphatic rings. The molecule has 0 saturated heterocycles. The number of ether oxygens (including phenoxy) is 2. The van der Waals surface area contributed by atoms with Crippen LogP contribution in [0.25, 0.3) is 0 Å². The number of rotatable bonds is 16. The highest BCUT2D eigenvalue weighted by atomic mass is 16.5. The van der Waals surface area contributed by atoms with Crippen LogP contribution in [0.2, 0.25) is 0 Å². The molecule has 0 fully saturated rings. The molecular weight excluding hydrogens is 382 g/mol. The topological polar surface area (TPSA) is 99.4 Å². The molecule has 1 aromatic rings. The molecule has 0 aromatic heterocycles. The van der Waals surface area contributed by atoms with Crippen LogP contribution in [0, 0.1) is 11.8 Å². The quantitative estimate of drug-likeness (QED) is 0.305. The van der Waals surface area contributed by atoms with E-state index < -0.39 is 14.2 Å². The molecule has 1 rings (SSSR count). The van der Waals surface area contributed by atoms with Gasteiger partial charge in [-0.25, -0.2) is 0 Å². The van der Waals surface area contributed by atoms with Crippen molar-refractivity contribution in [1.82, 2.24) is 0 Å². The Hall–Kier alpha value is -1.21. The molecule has 0 spiro atoms. The maximum atomic E-state index is 9.86. The van der Waals surface area contributed by atoms with Crippen molar-refractivity contribution in [2.75, 3.05) is 13.2 Å². The van der Waals surface area contributed by atoms with Gasteiger partial charge in [-0.15, -0.1) is 0 Å². The van der Waals surface area contributed by atoms with Crippen LogP contribution in [0.3, 0.4) is 0 Å². The third kappa shape index (κ3) is 8.88. The molecule has 0 aliphatic heterocycles. The van der Waals surface area contributed by atoms with Crippen molar-refractivity contribution in [3.05, 3.63) is 12.1 Å². The second kappa shape index (κ2) is 14.7. The third-order valence-electron chi connectivity index (χ3n) is 5.73. The van der Waals surface area contributed by atoms with Gasteiger partial charge in [0.15, 0.2) is 0 Å². The van der Waals surface area contributed by atoms with Crippen LogP contribution in [-0.4, -0.2) is 47.5 Å². The third-order valence-corrected chi connectivity index (χ3v) is 5.73. The molecule has 0 radical (unpaired) electrons. The fourth-order valence-corrected chi connectivity index (χ4v) is 3.46. The maximum Gasteiger partial charge on any atom is 0.492 e. The van der Waals surface area contributed by atoms with Crippen molar-refractivity contribution in [3.63, 3.8) is 0 Å². The number of unbranched alkanes of at least 4 members (excludes halogenated alkanes) is 2. The van der Waals surface area contributed by atoms with E-state index in [4.69, 9.17) is 9.47 Å². The van der Waals surface area contributed by atoms with Crippen LogP contribution in [0.4, 0.5) is 0 Å². The van der Waals surface area contributed by atoms with Crippen LogP contribution in [0.5, 0.6) is 11.5 Å². The first-order chi connectivity index (χ1) is 14.4. The molecule has 0 saturated carbocycles. The average Bonchev–Trinajstić information content (AvgIpc) is 2.73. The van der Waals surface area contributed by atoms with E-state index >= 15 is 0 Å². The molecule has 1 aromatic carbocycles. The van der Waals surface area contributed by atoms with Crippen molar-refractivity contribution < 1.29 is 29.6 Å². The van der Waals surface area contributed by atoms with E-state index in [9.17, 15) is 20.1 Å². The van der Waals surface area contributed by atoms with Crippen molar-refractivity contribution in [2.24, 2.45) is 11.8 Å². The molecule has 170 valence electrons. The van der Waals surface area contributed by atoms with Gasteiger partial charge in [-0.2, -0.15) is 0 Å². The summed E-state index contributed by atoms with van der Waals surface area (Å²) in [6.45, 7) is 9.38. The Morgan fingerprint density at radius 2 is 1.07 bits per heavy atom. The zero-order chi connectivity index (χ0) is 22.5. The number of hydrogen-bond donors (Lipinski definition) is 4. The van der Waals surface area contributed by atoms with Gasteiger partial charge >= 0.3 is 14.2 Å². The van der Waals surface area contributed by atoms with Crippen molar-refractivity contribution >= 4 is 25.2 Å². The summed E-state index contributed by atoms with van der Waals surface area (Å²) in [5.74, 6) is 1.20. The van der Waals surface area contributed by atoms with Gasteiger partial charge in [0.05, 0.1) is 13.2 Å². The Bertz CT molecular complexity index is 545. The monoisotopic (exact) mass is 422 g/mol. The second-order valence-electron chi connectivity index (χ2n) is 8.13. The molecule has 6 nitrogen and oxygen atoms in total. The lowest BCUT2D eigenvalue weighted by Gasteiger charge is -2.21. The molecular formula is C22H40B2O6. The van der Waals surface area contributed by atoms with E-state index in [2.05, 4.69) is 27.7 Å². The van der Waals surface area contributed by atoms with E-state index in [1.807, 2.05) is 0 Å². The largest absolute Gasteiger partial charge is 0.494 e. The van der Waals surface area contributed by atoms with Gasteiger partial charge in [0, 0.05) is 10.9 Å². The standard InChI is InChI=1S/C22H40B2O6/c1-5-9-11-17(7-3)15-29-21-13-20(24(27)28)22(14-19(21)23(25)26)30-16-18(8-4)12-10-6-2/h13-14,17-18,25-28H,5-12,15-16H2,1-4H3. The minimum atomic E-state index is -1.75. The van der Waals surface area contributed by atoms with Crippen LogP contribution in [-0.2, 0) is 0 Å². The Balaban J connectivity index is 3.04. The minimum Gasteiger partial charge on any atom is -0.494 e. The van der Waals surface area contributed by atoms with Gasteiger partial charge in [-0.05, 0) is 36.8 Å². The minimum absolute atomic E-state index is 0.168. The predicted molar refractivity (Wildman–Crippen MR) is 124 cm³/mol. The first-order valence-corrected chi connectivity index (χ1v) is 11.5. The number of benzene rings is 1. The lowest BCUT2D eigenvalue weighted by Crippen LogP contribution is -2.38. The van der Waals surface area contributed by atoms with Gasteiger partial charge < -0.3 is 29.6 Å². The summed E-state index contributed by atoms with van der Waals surface area (Å²) in [5, 5.41) is 39.4. The highest BCUT2D eigenvalue weighted by Crippen LogP contribution is 2.20. The molecule has 0 aliphatic carbocycles. The average molecular weight is 422 g/mol. The lowest BCUT2D eigenvalue weighted by molar-refractivity contribution is 0.229. The van der Waals surface area contributed by atoms with Crippen LogP contribution >= 0.6 is 0 Å². The molecule has 4 N–H and O–H groups in total. The lowest BCUT2D eigenvalue weighted by atomic mass is 9.73. The van der Waals surface area contributed by atoms with Crippen LogP contribution in [0.15, 0.2) is 12.1 Å². The maximum absolute atomic E-state index is 9.86. The summed E-state index contributed by atoms with van der Waals surface area (Å²) in [6.07, 6.45) is 8.45. The van der Waals surface area contributed by atoms with Crippen molar-refractivity contribution in [1.29, 1.82) is 0 Å². The summed E-state index contributed by atoms with van der Waals surface area (Å²) in [5.41, 5.74) is 0.336. The van der Waals surface area contributed by atoms with Crippen LogP contribution in [0.1, 0.15) is 79.1 Å². The SMILES string of the molecule is CCCCC(CC)COc1cc(B(O)O)c(OCC(CC)CCCC)cc1B(O)O. The first kappa shape index (κ1) is 26.8. The predicted octanol–water partition coefficient (Wildman–Crippen LogP) is 2.24. The van der Waals surface area contributed by atoms with Gasteiger partial charge in [0.2, 0.25) is 0 Å². The molecule has 0 bridgehead atoms. The summed E-state index contributed by atoms with van der Waals surface area (Å²) < 4.78 is 11.8. The fraction of sp³-hybridized carbons (Fsp3) is 0.727. The summed E-state index contributed by atoms with van der Waals surface area (Å²) in [7, 11) is -3.49. The Morgan fingerprint density at radius 1 is 0.700 bits per heavy atom. The summed E-state index contributed by atoms with van der Waals surface area (Å²) in [6, 6.07) is 2.91. The highest BCUT2D eigenvalue weighted by Gasteiger charge is 2.26. The van der Waals surface area contributed by atoms with E-state index in [1.54, 1.807) is 0 Å². The van der Waals surface area contributed by atoms with E-state index in [-0.39, 0.29) is 22.4 Å².